The summed E-state index contributed by atoms with van der Waals surface area (Å²) in [5, 5.41) is 3.16. The van der Waals surface area contributed by atoms with Crippen LogP contribution in [-0.4, -0.2) is 35.9 Å². The molecule has 0 bridgehead atoms. The third-order valence-electron chi connectivity index (χ3n) is 6.22. The second kappa shape index (κ2) is 9.10. The lowest BCUT2D eigenvalue weighted by molar-refractivity contribution is -0.128. The summed E-state index contributed by atoms with van der Waals surface area (Å²) in [6.45, 7) is 0.508. The molecule has 4 aromatic rings. The van der Waals surface area contributed by atoms with Crippen molar-refractivity contribution >= 4 is 28.3 Å². The number of imide groups is 1. The standard InChI is InChI=1S/C28H24FN3O3/c1-32-16-18-8-10-21(35-2)14-23(18)26(17-6-4-3-5-7-17)27(32)28(34)31-25(33)12-19-15-30-24-11-9-20(29)13-22(19)24/h3-11,13-15,30H,12,16H2,1-2H3,(H,31,33,34). The molecule has 0 radical (unpaired) electrons. The van der Waals surface area contributed by atoms with Gasteiger partial charge in [0.05, 0.1) is 13.5 Å². The summed E-state index contributed by atoms with van der Waals surface area (Å²) in [4.78, 5) is 31.3. The number of carbonyl (C=O) groups excluding carboxylic acids is 2. The number of amides is 2. The van der Waals surface area contributed by atoms with Crippen LogP contribution in [0.5, 0.6) is 5.75 Å². The predicted octanol–water partition coefficient (Wildman–Crippen LogP) is 4.41. The van der Waals surface area contributed by atoms with Crippen molar-refractivity contribution in [2.75, 3.05) is 14.2 Å². The Kier molecular flexibility index (Phi) is 5.82. The maximum absolute atomic E-state index is 13.7. The number of benzene rings is 3. The molecule has 6 nitrogen and oxygen atoms in total. The van der Waals surface area contributed by atoms with Crippen molar-refractivity contribution in [2.24, 2.45) is 0 Å². The van der Waals surface area contributed by atoms with Gasteiger partial charge in [-0.05, 0) is 52.6 Å². The van der Waals surface area contributed by atoms with E-state index in [-0.39, 0.29) is 12.2 Å². The van der Waals surface area contributed by atoms with E-state index in [0.717, 1.165) is 27.8 Å². The highest BCUT2D eigenvalue weighted by atomic mass is 19.1. The summed E-state index contributed by atoms with van der Waals surface area (Å²) in [6, 6.07) is 19.8. The number of halogens is 1. The topological polar surface area (TPSA) is 74.4 Å². The average molecular weight is 470 g/mol. The molecule has 1 aromatic heterocycles. The third kappa shape index (κ3) is 4.28. The van der Waals surface area contributed by atoms with Gasteiger partial charge in [-0.3, -0.25) is 14.9 Å². The maximum atomic E-state index is 13.7. The molecule has 7 heteroatoms. The number of nitrogens with one attached hydrogen (secondary N) is 2. The summed E-state index contributed by atoms with van der Waals surface area (Å²) in [5.74, 6) is -0.657. The van der Waals surface area contributed by atoms with Crippen LogP contribution in [0, 0.1) is 5.82 Å². The molecule has 0 saturated heterocycles. The van der Waals surface area contributed by atoms with Gasteiger partial charge in [0.25, 0.3) is 5.91 Å². The molecule has 2 heterocycles. The Morgan fingerprint density at radius 3 is 2.66 bits per heavy atom. The zero-order valence-corrected chi connectivity index (χ0v) is 19.4. The molecular weight excluding hydrogens is 445 g/mol. The first-order valence-corrected chi connectivity index (χ1v) is 11.2. The number of aromatic amines is 1. The van der Waals surface area contributed by atoms with Crippen LogP contribution in [0.15, 0.2) is 78.6 Å². The number of likely N-dealkylation sites (N-methyl/N-ethyl adjacent to an activating group) is 1. The van der Waals surface area contributed by atoms with Crippen LogP contribution in [0.4, 0.5) is 4.39 Å². The average Bonchev–Trinajstić information content (AvgIpc) is 3.24. The minimum atomic E-state index is -0.490. The fourth-order valence-electron chi connectivity index (χ4n) is 4.59. The van der Waals surface area contributed by atoms with Crippen LogP contribution < -0.4 is 10.1 Å². The van der Waals surface area contributed by atoms with Gasteiger partial charge in [-0.2, -0.15) is 0 Å². The highest BCUT2D eigenvalue weighted by molar-refractivity contribution is 6.11. The number of fused-ring (bicyclic) bond motifs is 2. The summed E-state index contributed by atoms with van der Waals surface area (Å²) < 4.78 is 19.2. The van der Waals surface area contributed by atoms with Gasteiger partial charge >= 0.3 is 0 Å². The van der Waals surface area contributed by atoms with Gasteiger partial charge in [-0.1, -0.05) is 36.4 Å². The molecule has 3 aromatic carbocycles. The zero-order valence-electron chi connectivity index (χ0n) is 19.4. The molecule has 2 amide bonds. The SMILES string of the molecule is COc1ccc2c(c1)C(c1ccccc1)=C(C(=O)NC(=O)Cc1c[nH]c3ccc(F)cc13)N(C)C2. The maximum Gasteiger partial charge on any atom is 0.274 e. The summed E-state index contributed by atoms with van der Waals surface area (Å²) in [7, 11) is 3.43. The van der Waals surface area contributed by atoms with E-state index < -0.39 is 11.8 Å². The van der Waals surface area contributed by atoms with Gasteiger partial charge in [0.15, 0.2) is 0 Å². The highest BCUT2D eigenvalue weighted by Crippen LogP contribution is 2.37. The lowest BCUT2D eigenvalue weighted by Gasteiger charge is -2.32. The van der Waals surface area contributed by atoms with Crippen molar-refractivity contribution in [3.63, 3.8) is 0 Å². The molecule has 0 unspecified atom stereocenters. The molecule has 0 saturated carbocycles. The third-order valence-corrected chi connectivity index (χ3v) is 6.22. The number of aromatic nitrogens is 1. The Morgan fingerprint density at radius 2 is 1.89 bits per heavy atom. The second-order valence-electron chi connectivity index (χ2n) is 8.53. The van der Waals surface area contributed by atoms with Crippen molar-refractivity contribution in [3.8, 4) is 5.75 Å². The molecule has 1 aliphatic rings. The zero-order chi connectivity index (χ0) is 24.5. The number of nitrogens with zero attached hydrogens (tertiary/aromatic N) is 1. The Hall–Kier alpha value is -4.39. The van der Waals surface area contributed by atoms with Crippen LogP contribution in [0.1, 0.15) is 22.3 Å². The fraction of sp³-hybridized carbons (Fsp3) is 0.143. The second-order valence-corrected chi connectivity index (χ2v) is 8.53. The van der Waals surface area contributed by atoms with Crippen LogP contribution >= 0.6 is 0 Å². The van der Waals surface area contributed by atoms with Gasteiger partial charge in [-0.15, -0.1) is 0 Å². The van der Waals surface area contributed by atoms with E-state index in [1.165, 1.54) is 12.1 Å². The lowest BCUT2D eigenvalue weighted by atomic mass is 9.88. The van der Waals surface area contributed by atoms with E-state index in [2.05, 4.69) is 10.3 Å². The van der Waals surface area contributed by atoms with E-state index in [9.17, 15) is 14.0 Å². The summed E-state index contributed by atoms with van der Waals surface area (Å²) >= 11 is 0. The summed E-state index contributed by atoms with van der Waals surface area (Å²) in [5.41, 5.74) is 5.27. The fourth-order valence-corrected chi connectivity index (χ4v) is 4.59. The van der Waals surface area contributed by atoms with Crippen molar-refractivity contribution < 1.29 is 18.7 Å². The van der Waals surface area contributed by atoms with Gasteiger partial charge in [0, 0.05) is 36.3 Å². The molecule has 176 valence electrons. The first kappa shape index (κ1) is 22.4. The number of methoxy groups -OCH3 is 1. The van der Waals surface area contributed by atoms with Crippen LogP contribution in [0.2, 0.25) is 0 Å². The Morgan fingerprint density at radius 1 is 1.09 bits per heavy atom. The molecule has 0 atom stereocenters. The van der Waals surface area contributed by atoms with Crippen LogP contribution in [0.25, 0.3) is 16.5 Å². The smallest absolute Gasteiger partial charge is 0.274 e. The van der Waals surface area contributed by atoms with E-state index in [0.29, 0.717) is 28.9 Å². The van der Waals surface area contributed by atoms with Gasteiger partial charge in [-0.25, -0.2) is 4.39 Å². The molecule has 35 heavy (non-hydrogen) atoms. The Balaban J connectivity index is 1.51. The molecule has 0 fully saturated rings. The lowest BCUT2D eigenvalue weighted by Crippen LogP contribution is -2.39. The number of rotatable bonds is 5. The minimum Gasteiger partial charge on any atom is -0.497 e. The molecule has 1 aliphatic heterocycles. The van der Waals surface area contributed by atoms with E-state index in [4.69, 9.17) is 4.74 Å². The normalized spacial score (nSPS) is 13.1. The van der Waals surface area contributed by atoms with E-state index in [1.807, 2.05) is 60.5 Å². The van der Waals surface area contributed by atoms with Gasteiger partial charge < -0.3 is 14.6 Å². The minimum absolute atomic E-state index is 0.0583. The van der Waals surface area contributed by atoms with Gasteiger partial charge in [0.2, 0.25) is 5.91 Å². The largest absolute Gasteiger partial charge is 0.497 e. The van der Waals surface area contributed by atoms with E-state index >= 15 is 0 Å². The quantitative estimate of drug-likeness (QED) is 0.454. The van der Waals surface area contributed by atoms with Crippen LogP contribution in [-0.2, 0) is 22.6 Å². The molecule has 0 aliphatic carbocycles. The Bertz CT molecular complexity index is 1470. The predicted molar refractivity (Wildman–Crippen MR) is 132 cm³/mol. The highest BCUT2D eigenvalue weighted by Gasteiger charge is 2.29. The first-order chi connectivity index (χ1) is 16.9. The van der Waals surface area contributed by atoms with Crippen LogP contribution in [0.3, 0.4) is 0 Å². The van der Waals surface area contributed by atoms with Crippen molar-refractivity contribution in [3.05, 3.63) is 107 Å². The first-order valence-electron chi connectivity index (χ1n) is 11.2. The van der Waals surface area contributed by atoms with Crippen molar-refractivity contribution in [1.82, 2.24) is 15.2 Å². The number of H-pyrrole nitrogens is 1. The number of ether oxygens (including phenoxy) is 1. The molecule has 2 N–H and O–H groups in total. The van der Waals surface area contributed by atoms with Gasteiger partial charge in [0.1, 0.15) is 17.3 Å². The number of carbonyl (C=O) groups is 2. The monoisotopic (exact) mass is 469 g/mol. The number of hydrogen-bond donors (Lipinski definition) is 2. The van der Waals surface area contributed by atoms with E-state index in [1.54, 1.807) is 19.4 Å². The van der Waals surface area contributed by atoms with Crippen molar-refractivity contribution in [1.29, 1.82) is 0 Å². The Labute approximate surface area is 202 Å². The molecule has 0 spiro atoms. The number of hydrogen-bond acceptors (Lipinski definition) is 4. The molecular formula is C28H24FN3O3. The van der Waals surface area contributed by atoms with Crippen molar-refractivity contribution in [2.45, 2.75) is 13.0 Å². The summed E-state index contributed by atoms with van der Waals surface area (Å²) in [6.07, 6.45) is 1.61. The molecule has 5 rings (SSSR count).